The van der Waals surface area contributed by atoms with Crippen LogP contribution in [-0.2, 0) is 28.5 Å². The summed E-state index contributed by atoms with van der Waals surface area (Å²) in [5.41, 5.74) is -1.25. The van der Waals surface area contributed by atoms with Gasteiger partial charge in [-0.3, -0.25) is 23.9 Å². The molecule has 9 N–H and O–H groups in total. The fourth-order valence-electron chi connectivity index (χ4n) is 7.00. The first-order valence-electron chi connectivity index (χ1n) is 18.9. The molecule has 0 spiro atoms. The van der Waals surface area contributed by atoms with Gasteiger partial charge >= 0.3 is 5.69 Å². The van der Waals surface area contributed by atoms with Crippen LogP contribution in [0, 0.1) is 0 Å². The number of aliphatic hydroxyl groups is 6. The topological polar surface area (TPSA) is 271 Å². The highest BCUT2D eigenvalue weighted by Crippen LogP contribution is 2.34. The first-order valence-corrected chi connectivity index (χ1v) is 18.9. The number of H-pyrrole nitrogens is 1. The summed E-state index contributed by atoms with van der Waals surface area (Å²) >= 11 is 0. The van der Waals surface area contributed by atoms with Crippen molar-refractivity contribution in [3.8, 4) is 0 Å². The third-order valence-corrected chi connectivity index (χ3v) is 10.1. The Morgan fingerprint density at radius 3 is 1.91 bits per heavy atom. The fourth-order valence-corrected chi connectivity index (χ4v) is 7.00. The minimum atomic E-state index is -1.69. The molecule has 4 rings (SSSR count). The molecular weight excluding hydrogens is 700 g/mol. The molecule has 1 aromatic rings. The van der Waals surface area contributed by atoms with E-state index >= 15 is 0 Å². The van der Waals surface area contributed by atoms with Crippen LogP contribution >= 0.6 is 0 Å². The second-order valence-corrected chi connectivity index (χ2v) is 14.2. The van der Waals surface area contributed by atoms with E-state index in [1.165, 1.54) is 16.8 Å². The van der Waals surface area contributed by atoms with Gasteiger partial charge in [0.05, 0.1) is 24.9 Å². The lowest BCUT2D eigenvalue weighted by Gasteiger charge is -2.47. The normalized spacial score (nSPS) is 33.7. The summed E-state index contributed by atoms with van der Waals surface area (Å²) in [6, 6.07) is -1.58. The second-order valence-electron chi connectivity index (χ2n) is 14.2. The highest BCUT2D eigenvalue weighted by atomic mass is 16.8. The number of aromatic amines is 1. The average molecular weight is 759 g/mol. The molecule has 53 heavy (non-hydrogen) atoms. The van der Waals surface area contributed by atoms with Crippen LogP contribution in [0.25, 0.3) is 0 Å². The van der Waals surface area contributed by atoms with Crippen molar-refractivity contribution in [3.63, 3.8) is 0 Å². The summed E-state index contributed by atoms with van der Waals surface area (Å²) in [5.74, 6) is -0.907. The molecule has 0 saturated carbocycles. The highest BCUT2D eigenvalue weighted by Gasteiger charge is 2.52. The van der Waals surface area contributed by atoms with Gasteiger partial charge in [-0.2, -0.15) is 0 Å². The largest absolute Gasteiger partial charge is 0.394 e. The summed E-state index contributed by atoms with van der Waals surface area (Å²) in [5, 5.41) is 70.7. The summed E-state index contributed by atoms with van der Waals surface area (Å²) in [7, 11) is 0. The van der Waals surface area contributed by atoms with Crippen LogP contribution in [0.2, 0.25) is 0 Å². The molecule has 3 saturated heterocycles. The van der Waals surface area contributed by atoms with Gasteiger partial charge in [-0.05, 0) is 25.7 Å². The van der Waals surface area contributed by atoms with Gasteiger partial charge in [-0.1, -0.05) is 52.4 Å². The number of carbonyl (C=O) groups is 2. The summed E-state index contributed by atoms with van der Waals surface area (Å²) in [6.07, 6.45) is -6.88. The Balaban J connectivity index is 1.52. The van der Waals surface area contributed by atoms with Crippen LogP contribution < -0.4 is 21.9 Å². The summed E-state index contributed by atoms with van der Waals surface area (Å²) < 4.78 is 25.2. The molecule has 3 aliphatic heterocycles. The molecule has 3 aliphatic rings. The van der Waals surface area contributed by atoms with Gasteiger partial charge in [0.2, 0.25) is 11.8 Å². The number of aliphatic hydroxyl groups excluding tert-OH is 6. The van der Waals surface area contributed by atoms with Crippen molar-refractivity contribution in [2.45, 2.75) is 177 Å². The Morgan fingerprint density at radius 2 is 1.38 bits per heavy atom. The zero-order valence-corrected chi connectivity index (χ0v) is 30.5. The smallest absolute Gasteiger partial charge is 0.330 e. The predicted molar refractivity (Wildman–Crippen MR) is 186 cm³/mol. The molecule has 18 nitrogen and oxygen atoms in total. The maximum absolute atomic E-state index is 13.0. The van der Waals surface area contributed by atoms with Gasteiger partial charge in [0, 0.05) is 31.5 Å². The molecule has 6 unspecified atom stereocenters. The fraction of sp³-hybridized carbons (Fsp3) is 0.829. The van der Waals surface area contributed by atoms with Crippen molar-refractivity contribution in [3.05, 3.63) is 33.1 Å². The Kier molecular flexibility index (Phi) is 16.8. The zero-order chi connectivity index (χ0) is 38.7. The van der Waals surface area contributed by atoms with E-state index < -0.39 is 109 Å². The van der Waals surface area contributed by atoms with Gasteiger partial charge in [0.25, 0.3) is 5.56 Å². The minimum absolute atomic E-state index is 0.112. The Bertz CT molecular complexity index is 1410. The van der Waals surface area contributed by atoms with E-state index in [0.717, 1.165) is 38.5 Å². The van der Waals surface area contributed by atoms with E-state index in [9.17, 15) is 49.8 Å². The number of nitrogens with one attached hydrogen (secondary N) is 3. The number of carbonyl (C=O) groups excluding carboxylic acids is 2. The van der Waals surface area contributed by atoms with Crippen LogP contribution in [0.1, 0.15) is 104 Å². The Labute approximate surface area is 307 Å². The first kappa shape index (κ1) is 43.0. The monoisotopic (exact) mass is 758 g/mol. The number of amides is 2. The van der Waals surface area contributed by atoms with Crippen LogP contribution in [0.5, 0.6) is 0 Å². The van der Waals surface area contributed by atoms with Crippen LogP contribution in [0.15, 0.2) is 21.9 Å². The SMILES string of the molecule is CCCCCCC(=O)NC1C(O)C(O)[C@H](CO)O[C@@H]1O[C@@H]1O[C@H](C[C@@H](O)[C@@H]2CC[C@H](n3ccc(=O)[nH]c3=O)O2)C(O)C(O)C1NC(=O)CCCCCC. The lowest BCUT2D eigenvalue weighted by Crippen LogP contribution is -2.69. The molecule has 0 bridgehead atoms. The number of unbranched alkanes of at least 4 members (excludes halogenated alkanes) is 6. The maximum Gasteiger partial charge on any atom is 0.330 e. The second kappa shape index (κ2) is 20.8. The number of ether oxygens (including phenoxy) is 4. The van der Waals surface area contributed by atoms with E-state index in [0.29, 0.717) is 25.7 Å². The van der Waals surface area contributed by atoms with E-state index in [-0.39, 0.29) is 19.3 Å². The van der Waals surface area contributed by atoms with Crippen molar-refractivity contribution in [1.82, 2.24) is 20.2 Å². The molecule has 18 heteroatoms. The molecule has 13 atom stereocenters. The molecule has 2 amide bonds. The number of hydrogen-bond donors (Lipinski definition) is 9. The van der Waals surface area contributed by atoms with Crippen LogP contribution in [-0.4, -0.2) is 132 Å². The quantitative estimate of drug-likeness (QED) is 0.0749. The van der Waals surface area contributed by atoms with Gasteiger partial charge in [-0.25, -0.2) is 4.79 Å². The number of aromatic nitrogens is 2. The molecule has 0 aromatic carbocycles. The number of nitrogens with zero attached hydrogens (tertiary/aromatic N) is 1. The Morgan fingerprint density at radius 1 is 0.830 bits per heavy atom. The number of rotatable bonds is 19. The van der Waals surface area contributed by atoms with Gasteiger partial charge < -0.3 is 60.2 Å². The first-order chi connectivity index (χ1) is 25.4. The van der Waals surface area contributed by atoms with E-state index in [1.54, 1.807) is 0 Å². The van der Waals surface area contributed by atoms with Crippen LogP contribution in [0.3, 0.4) is 0 Å². The molecular formula is C35H58N4O14. The molecule has 0 radical (unpaired) electrons. The van der Waals surface area contributed by atoms with Crippen LogP contribution in [0.4, 0.5) is 0 Å². The van der Waals surface area contributed by atoms with E-state index in [4.69, 9.17) is 18.9 Å². The standard InChI is InChI=1S/C35H58N4O14/c1-3-5-7-9-11-23(42)36-27-31(47)29(45)21(17-19(41)20-13-14-26(50-20)39-16-15-25(44)38-35(39)49)51-33(27)53-34-28(32(48)30(46)22(18-40)52-34)37-24(43)12-10-8-6-4-2/h15-16,19-22,26-34,40-41,45-48H,3-14,17-18H2,1-2H3,(H,36,42)(H,37,43)(H,38,44,49)/t19-,20+,21-,22+,26-,27?,28?,29?,30?,31?,32?,33+,34-/m1/s1. The molecule has 1 aromatic heterocycles. The van der Waals surface area contributed by atoms with Crippen molar-refractivity contribution in [2.24, 2.45) is 0 Å². The van der Waals surface area contributed by atoms with Crippen molar-refractivity contribution in [2.75, 3.05) is 6.61 Å². The van der Waals surface area contributed by atoms with Crippen molar-refractivity contribution < 1.29 is 59.2 Å². The minimum Gasteiger partial charge on any atom is -0.394 e. The van der Waals surface area contributed by atoms with Crippen molar-refractivity contribution >= 4 is 11.8 Å². The van der Waals surface area contributed by atoms with Gasteiger partial charge in [0.1, 0.15) is 48.8 Å². The third-order valence-electron chi connectivity index (χ3n) is 10.1. The zero-order valence-electron chi connectivity index (χ0n) is 30.5. The lowest BCUT2D eigenvalue weighted by molar-refractivity contribution is -0.346. The van der Waals surface area contributed by atoms with E-state index in [2.05, 4.69) is 15.6 Å². The van der Waals surface area contributed by atoms with Gasteiger partial charge in [0.15, 0.2) is 12.6 Å². The maximum atomic E-state index is 13.0. The predicted octanol–water partition coefficient (Wildman–Crippen LogP) is -1.22. The molecule has 3 fully saturated rings. The lowest BCUT2D eigenvalue weighted by atomic mass is 9.91. The third kappa shape index (κ3) is 11.6. The highest BCUT2D eigenvalue weighted by molar-refractivity contribution is 5.76. The molecule has 0 aliphatic carbocycles. The molecule has 302 valence electrons. The van der Waals surface area contributed by atoms with Crippen molar-refractivity contribution in [1.29, 1.82) is 0 Å². The number of hydrogen-bond acceptors (Lipinski definition) is 14. The summed E-state index contributed by atoms with van der Waals surface area (Å²) in [6.45, 7) is 3.35. The van der Waals surface area contributed by atoms with Gasteiger partial charge in [-0.15, -0.1) is 0 Å². The van der Waals surface area contributed by atoms with E-state index in [1.807, 2.05) is 13.8 Å². The molecule has 4 heterocycles. The Hall–Kier alpha value is -2.78. The average Bonchev–Trinajstić information content (AvgIpc) is 3.62. The summed E-state index contributed by atoms with van der Waals surface area (Å²) in [4.78, 5) is 51.9.